The van der Waals surface area contributed by atoms with Gasteiger partial charge < -0.3 is 5.32 Å². The lowest BCUT2D eigenvalue weighted by Gasteiger charge is -2.34. The number of anilines is 1. The van der Waals surface area contributed by atoms with Gasteiger partial charge in [0.1, 0.15) is 0 Å². The molecule has 1 aliphatic rings. The van der Waals surface area contributed by atoms with Crippen LogP contribution in [0.4, 0.5) is 11.4 Å². The van der Waals surface area contributed by atoms with Crippen LogP contribution in [0.2, 0.25) is 0 Å². The third-order valence-electron chi connectivity index (χ3n) is 5.58. The second-order valence-electron chi connectivity index (χ2n) is 7.70. The number of nitrogens with one attached hydrogen (secondary N) is 1. The summed E-state index contributed by atoms with van der Waals surface area (Å²) in [5, 5.41) is 13.4. The van der Waals surface area contributed by atoms with E-state index in [1.54, 1.807) is 18.5 Å². The average molecular weight is 467 g/mol. The third-order valence-corrected chi connectivity index (χ3v) is 7.50. The fourth-order valence-corrected chi connectivity index (χ4v) is 5.56. The summed E-state index contributed by atoms with van der Waals surface area (Å²) in [6.45, 7) is 0.431. The Bertz CT molecular complexity index is 1250. The Morgan fingerprint density at radius 2 is 1.79 bits per heavy atom. The van der Waals surface area contributed by atoms with Gasteiger partial charge in [0.25, 0.3) is 11.6 Å². The molecular weight excluding hydrogens is 444 g/mol. The number of hydrogen-bond acceptors (Lipinski definition) is 6. The molecule has 10 heteroatoms. The number of hydrogen-bond donors (Lipinski definition) is 1. The van der Waals surface area contributed by atoms with Gasteiger partial charge in [-0.1, -0.05) is 12.5 Å². The van der Waals surface area contributed by atoms with Gasteiger partial charge in [-0.2, -0.15) is 4.31 Å². The van der Waals surface area contributed by atoms with Crippen LogP contribution >= 0.6 is 0 Å². The van der Waals surface area contributed by atoms with Crippen molar-refractivity contribution in [3.8, 4) is 0 Å². The lowest BCUT2D eigenvalue weighted by Crippen LogP contribution is -2.38. The fraction of sp³-hybridized carbons (Fsp3) is 0.217. The molecule has 0 radical (unpaired) electrons. The van der Waals surface area contributed by atoms with Crippen LogP contribution in [0.15, 0.2) is 78.0 Å². The van der Waals surface area contributed by atoms with Gasteiger partial charge in [0.15, 0.2) is 0 Å². The number of benzene rings is 2. The molecule has 0 spiro atoms. The highest BCUT2D eigenvalue weighted by molar-refractivity contribution is 7.89. The summed E-state index contributed by atoms with van der Waals surface area (Å²) in [5.41, 5.74) is 1.43. The van der Waals surface area contributed by atoms with E-state index in [2.05, 4.69) is 10.3 Å². The number of amides is 1. The van der Waals surface area contributed by atoms with Crippen molar-refractivity contribution in [3.05, 3.63) is 94.3 Å². The summed E-state index contributed by atoms with van der Waals surface area (Å²) in [5.74, 6) is -0.451. The van der Waals surface area contributed by atoms with E-state index < -0.39 is 20.9 Å². The number of pyridine rings is 1. The van der Waals surface area contributed by atoms with Crippen molar-refractivity contribution in [3.63, 3.8) is 0 Å². The largest absolute Gasteiger partial charge is 0.322 e. The minimum Gasteiger partial charge on any atom is -0.322 e. The van der Waals surface area contributed by atoms with Crippen LogP contribution in [-0.2, 0) is 10.0 Å². The number of nitrogens with zero attached hydrogens (tertiary/aromatic N) is 3. The zero-order valence-electron chi connectivity index (χ0n) is 17.6. The molecule has 4 rings (SSSR count). The lowest BCUT2D eigenvalue weighted by molar-refractivity contribution is -0.384. The van der Waals surface area contributed by atoms with Crippen molar-refractivity contribution in [2.45, 2.75) is 30.2 Å². The quantitative estimate of drug-likeness (QED) is 0.430. The van der Waals surface area contributed by atoms with Crippen molar-refractivity contribution in [1.29, 1.82) is 0 Å². The molecule has 1 fully saturated rings. The van der Waals surface area contributed by atoms with E-state index in [0.717, 1.165) is 24.8 Å². The van der Waals surface area contributed by atoms with E-state index in [9.17, 15) is 23.3 Å². The molecule has 0 bridgehead atoms. The normalized spacial score (nSPS) is 16.8. The molecule has 2 aromatic carbocycles. The molecule has 2 heterocycles. The Morgan fingerprint density at radius 3 is 2.42 bits per heavy atom. The number of nitro groups is 1. The number of sulfonamides is 1. The van der Waals surface area contributed by atoms with Crippen LogP contribution in [0.25, 0.3) is 0 Å². The highest BCUT2D eigenvalue weighted by atomic mass is 32.2. The van der Waals surface area contributed by atoms with E-state index in [-0.39, 0.29) is 22.2 Å². The number of nitro benzene ring substituents is 1. The summed E-state index contributed by atoms with van der Waals surface area (Å²) in [6, 6.07) is 14.6. The molecule has 0 aliphatic carbocycles. The summed E-state index contributed by atoms with van der Waals surface area (Å²) >= 11 is 0. The molecule has 1 saturated heterocycles. The number of carbonyl (C=O) groups is 1. The lowest BCUT2D eigenvalue weighted by atomic mass is 9.99. The van der Waals surface area contributed by atoms with Crippen molar-refractivity contribution in [2.75, 3.05) is 11.9 Å². The van der Waals surface area contributed by atoms with E-state index in [1.165, 1.54) is 52.8 Å². The molecule has 1 aliphatic heterocycles. The highest BCUT2D eigenvalue weighted by Gasteiger charge is 2.34. The maximum Gasteiger partial charge on any atom is 0.269 e. The van der Waals surface area contributed by atoms with Crippen LogP contribution in [0.1, 0.15) is 41.2 Å². The molecule has 3 aromatic rings. The Kier molecular flexibility index (Phi) is 6.47. The molecule has 1 aromatic heterocycles. The Hall–Kier alpha value is -3.63. The number of rotatable bonds is 6. The van der Waals surface area contributed by atoms with Crippen LogP contribution in [0.3, 0.4) is 0 Å². The van der Waals surface area contributed by atoms with Crippen LogP contribution in [0.5, 0.6) is 0 Å². The fourth-order valence-electron chi connectivity index (χ4n) is 3.88. The van der Waals surface area contributed by atoms with Crippen LogP contribution < -0.4 is 5.32 Å². The van der Waals surface area contributed by atoms with Gasteiger partial charge in [-0.3, -0.25) is 19.9 Å². The Balaban J connectivity index is 1.50. The smallest absolute Gasteiger partial charge is 0.269 e. The Morgan fingerprint density at radius 1 is 1.06 bits per heavy atom. The summed E-state index contributed by atoms with van der Waals surface area (Å²) in [4.78, 5) is 26.9. The number of aromatic nitrogens is 1. The zero-order valence-corrected chi connectivity index (χ0v) is 18.4. The number of piperidine rings is 1. The average Bonchev–Trinajstić information content (AvgIpc) is 2.85. The van der Waals surface area contributed by atoms with E-state index >= 15 is 0 Å². The van der Waals surface area contributed by atoms with Crippen LogP contribution in [-0.4, -0.2) is 35.1 Å². The summed E-state index contributed by atoms with van der Waals surface area (Å²) < 4.78 is 28.3. The minimum absolute atomic E-state index is 0.108. The topological polar surface area (TPSA) is 123 Å². The summed E-state index contributed by atoms with van der Waals surface area (Å²) in [6.07, 6.45) is 5.83. The maximum absolute atomic E-state index is 13.4. The minimum atomic E-state index is -3.74. The molecule has 170 valence electrons. The van der Waals surface area contributed by atoms with Crippen molar-refractivity contribution in [1.82, 2.24) is 9.29 Å². The predicted molar refractivity (Wildman–Crippen MR) is 122 cm³/mol. The van der Waals surface area contributed by atoms with E-state index in [1.807, 2.05) is 6.07 Å². The molecule has 9 nitrogen and oxygen atoms in total. The molecule has 1 N–H and O–H groups in total. The second kappa shape index (κ2) is 9.47. The van der Waals surface area contributed by atoms with Crippen LogP contribution in [0, 0.1) is 10.1 Å². The highest BCUT2D eigenvalue weighted by Crippen LogP contribution is 2.35. The first kappa shape index (κ1) is 22.6. The molecule has 0 saturated carbocycles. The van der Waals surface area contributed by atoms with Gasteiger partial charge >= 0.3 is 0 Å². The van der Waals surface area contributed by atoms with Crippen molar-refractivity contribution < 1.29 is 18.1 Å². The van der Waals surface area contributed by atoms with Crippen molar-refractivity contribution in [2.24, 2.45) is 0 Å². The molecule has 1 unspecified atom stereocenters. The van der Waals surface area contributed by atoms with Gasteiger partial charge in [0.05, 0.1) is 15.9 Å². The molecule has 1 atom stereocenters. The molecule has 33 heavy (non-hydrogen) atoms. The van der Waals surface area contributed by atoms with E-state index in [0.29, 0.717) is 12.2 Å². The maximum atomic E-state index is 13.4. The monoisotopic (exact) mass is 466 g/mol. The first-order valence-electron chi connectivity index (χ1n) is 10.4. The van der Waals surface area contributed by atoms with Gasteiger partial charge in [0, 0.05) is 42.3 Å². The predicted octanol–water partition coefficient (Wildman–Crippen LogP) is 4.16. The first-order valence-corrected chi connectivity index (χ1v) is 11.9. The van der Waals surface area contributed by atoms with Gasteiger partial charge in [0.2, 0.25) is 10.0 Å². The zero-order chi connectivity index (χ0) is 23.4. The number of carbonyl (C=O) groups excluding carboxylic acids is 1. The summed E-state index contributed by atoms with van der Waals surface area (Å²) in [7, 11) is -3.74. The van der Waals surface area contributed by atoms with Gasteiger partial charge in [-0.25, -0.2) is 8.42 Å². The first-order chi connectivity index (χ1) is 15.9. The molecular formula is C23H22N4O5S. The van der Waals surface area contributed by atoms with Gasteiger partial charge in [-0.15, -0.1) is 0 Å². The second-order valence-corrected chi connectivity index (χ2v) is 9.59. The SMILES string of the molecule is O=C(Nc1ccc(S(=O)(=O)N2CCCCC2c2cccnc2)cc1)c1ccc([N+](=O)[O-])cc1. The number of non-ortho nitro benzene ring substituents is 1. The van der Waals surface area contributed by atoms with Crippen molar-refractivity contribution >= 4 is 27.3 Å². The molecule has 1 amide bonds. The van der Waals surface area contributed by atoms with Gasteiger partial charge in [-0.05, 0) is 60.9 Å². The standard InChI is InChI=1S/C23H22N4O5S/c28-23(17-6-10-20(11-7-17)27(29)30)25-19-8-12-21(13-9-19)33(31,32)26-15-2-1-5-22(26)18-4-3-14-24-16-18/h3-4,6-14,16,22H,1-2,5,15H2,(H,25,28). The third kappa shape index (κ3) is 4.91. The van der Waals surface area contributed by atoms with E-state index in [4.69, 9.17) is 0 Å². The Labute approximate surface area is 191 Å².